The van der Waals surface area contributed by atoms with Gasteiger partial charge in [0.15, 0.2) is 0 Å². The van der Waals surface area contributed by atoms with Crippen LogP contribution in [0.25, 0.3) is 0 Å². The van der Waals surface area contributed by atoms with Crippen LogP contribution in [0.4, 0.5) is 0 Å². The standard InChI is InChI=1S/C3H4O2S3.2Na/c4-2(5)1-8-3(6)7;;/h1H2,(H,4,5)(H,6,7);;. The van der Waals surface area contributed by atoms with Crippen molar-refractivity contribution >= 4 is 105 Å². The van der Waals surface area contributed by atoms with Crippen LogP contribution < -0.4 is 0 Å². The third kappa shape index (κ3) is 16.7. The van der Waals surface area contributed by atoms with Gasteiger partial charge < -0.3 is 5.11 Å². The van der Waals surface area contributed by atoms with Gasteiger partial charge in [-0.1, -0.05) is 24.0 Å². The molecule has 0 saturated heterocycles. The Balaban J connectivity index is -0.000000245. The van der Waals surface area contributed by atoms with E-state index in [1.165, 1.54) is 0 Å². The van der Waals surface area contributed by atoms with E-state index >= 15 is 0 Å². The Labute approximate surface area is 119 Å². The molecule has 10 heavy (non-hydrogen) atoms. The van der Waals surface area contributed by atoms with Gasteiger partial charge in [-0.2, -0.15) is 0 Å². The Morgan fingerprint density at radius 1 is 1.60 bits per heavy atom. The molecule has 0 unspecified atom stereocenters. The van der Waals surface area contributed by atoms with Crippen molar-refractivity contribution in [2.75, 3.05) is 5.75 Å². The largest absolute Gasteiger partial charge is 0.481 e. The third-order valence-electron chi connectivity index (χ3n) is 0.319. The smallest absolute Gasteiger partial charge is 0.313 e. The molecule has 0 atom stereocenters. The van der Waals surface area contributed by atoms with E-state index in [9.17, 15) is 4.79 Å². The normalized spacial score (nSPS) is 6.90. The number of carboxylic acids is 1. The molecule has 0 aromatic rings. The maximum atomic E-state index is 9.79. The number of thioether (sulfide) groups is 1. The Bertz CT molecular complexity index is 104. The second kappa shape index (κ2) is 11.3. The van der Waals surface area contributed by atoms with E-state index in [-0.39, 0.29) is 64.9 Å². The summed E-state index contributed by atoms with van der Waals surface area (Å²) in [5, 5.41) is 8.05. The minimum absolute atomic E-state index is 0. The van der Waals surface area contributed by atoms with Gasteiger partial charge in [0.1, 0.15) is 3.53 Å². The number of thiocarbonyl (C=S) groups is 1. The number of rotatable bonds is 2. The Morgan fingerprint density at radius 3 is 2.10 bits per heavy atom. The second-order valence-corrected chi connectivity index (χ2v) is 3.65. The molecular formula is C3H4Na2O2S3. The summed E-state index contributed by atoms with van der Waals surface area (Å²) < 4.78 is 0.368. The molecule has 0 rings (SSSR count). The van der Waals surface area contributed by atoms with Gasteiger partial charge in [0, 0.05) is 59.1 Å². The van der Waals surface area contributed by atoms with Crippen molar-refractivity contribution in [2.24, 2.45) is 0 Å². The molecule has 0 amide bonds. The maximum absolute atomic E-state index is 9.79. The molecule has 0 aliphatic rings. The summed E-state index contributed by atoms with van der Waals surface area (Å²) in [6, 6.07) is 0. The molecule has 0 aliphatic heterocycles. The molecule has 2 radical (unpaired) electrons. The fourth-order valence-corrected chi connectivity index (χ4v) is 0.741. The molecule has 2 nitrogen and oxygen atoms in total. The number of aliphatic carboxylic acids is 1. The summed E-state index contributed by atoms with van der Waals surface area (Å²) in [4.78, 5) is 9.79. The van der Waals surface area contributed by atoms with E-state index in [0.717, 1.165) is 11.8 Å². The van der Waals surface area contributed by atoms with E-state index in [1.54, 1.807) is 0 Å². The van der Waals surface area contributed by atoms with Gasteiger partial charge in [-0.05, 0) is 0 Å². The van der Waals surface area contributed by atoms with E-state index < -0.39 is 5.97 Å². The van der Waals surface area contributed by atoms with Gasteiger partial charge in [0.25, 0.3) is 0 Å². The molecule has 0 aromatic carbocycles. The second-order valence-electron chi connectivity index (χ2n) is 0.948. The topological polar surface area (TPSA) is 37.3 Å². The van der Waals surface area contributed by atoms with E-state index in [4.69, 9.17) is 5.11 Å². The van der Waals surface area contributed by atoms with Crippen molar-refractivity contribution in [1.82, 2.24) is 0 Å². The van der Waals surface area contributed by atoms with Crippen molar-refractivity contribution < 1.29 is 9.90 Å². The zero-order chi connectivity index (χ0) is 6.57. The predicted octanol–water partition coefficient (Wildman–Crippen LogP) is 0.257. The van der Waals surface area contributed by atoms with Crippen LogP contribution in [-0.2, 0) is 4.79 Å². The van der Waals surface area contributed by atoms with Gasteiger partial charge in [-0.15, -0.1) is 12.6 Å². The number of hydrogen-bond acceptors (Lipinski definition) is 3. The fourth-order valence-electron chi connectivity index (χ4n) is 0.123. The Kier molecular flexibility index (Phi) is 20.4. The van der Waals surface area contributed by atoms with E-state index in [1.807, 2.05) is 0 Å². The summed E-state index contributed by atoms with van der Waals surface area (Å²) in [6.45, 7) is 0. The molecule has 48 valence electrons. The van der Waals surface area contributed by atoms with Crippen LogP contribution in [0.5, 0.6) is 0 Å². The molecule has 1 N–H and O–H groups in total. The third-order valence-corrected chi connectivity index (χ3v) is 1.70. The average molecular weight is 214 g/mol. The molecule has 0 spiro atoms. The first-order valence-electron chi connectivity index (χ1n) is 1.70. The first kappa shape index (κ1) is 18.1. The quantitative estimate of drug-likeness (QED) is 0.393. The predicted molar refractivity (Wildman–Crippen MR) is 53.2 cm³/mol. The Morgan fingerprint density at radius 2 is 2.00 bits per heavy atom. The molecule has 0 heterocycles. The van der Waals surface area contributed by atoms with E-state index in [0.29, 0.717) is 3.53 Å². The van der Waals surface area contributed by atoms with Gasteiger partial charge in [0.05, 0.1) is 5.75 Å². The van der Waals surface area contributed by atoms with Crippen LogP contribution in [0.3, 0.4) is 0 Å². The van der Waals surface area contributed by atoms with Crippen LogP contribution in [0.15, 0.2) is 0 Å². The van der Waals surface area contributed by atoms with Crippen molar-refractivity contribution in [2.45, 2.75) is 0 Å². The summed E-state index contributed by atoms with van der Waals surface area (Å²) in [7, 11) is 0. The first-order valence-corrected chi connectivity index (χ1v) is 3.54. The molecule has 0 aromatic heterocycles. The average Bonchev–Trinajstić information content (AvgIpc) is 1.61. The zero-order valence-corrected chi connectivity index (χ0v) is 12.4. The minimum Gasteiger partial charge on any atom is -0.481 e. The SMILES string of the molecule is O=C(O)CSC(=S)S.[Na].[Na]. The fraction of sp³-hybridized carbons (Fsp3) is 0.333. The maximum Gasteiger partial charge on any atom is 0.313 e. The van der Waals surface area contributed by atoms with Crippen LogP contribution >= 0.6 is 36.6 Å². The zero-order valence-electron chi connectivity index (χ0n) is 5.83. The number of carbonyl (C=O) groups is 1. The van der Waals surface area contributed by atoms with Crippen LogP contribution in [0, 0.1) is 0 Å². The first-order chi connectivity index (χ1) is 3.63. The summed E-state index contributed by atoms with van der Waals surface area (Å²) >= 11 is 9.22. The van der Waals surface area contributed by atoms with Crippen LogP contribution in [-0.4, -0.2) is 79.5 Å². The van der Waals surface area contributed by atoms with Crippen molar-refractivity contribution in [3.05, 3.63) is 0 Å². The van der Waals surface area contributed by atoms with Crippen LogP contribution in [0.1, 0.15) is 0 Å². The molecule has 0 saturated carbocycles. The van der Waals surface area contributed by atoms with Gasteiger partial charge >= 0.3 is 5.97 Å². The van der Waals surface area contributed by atoms with Crippen molar-refractivity contribution in [1.29, 1.82) is 0 Å². The number of hydrogen-bond donors (Lipinski definition) is 2. The van der Waals surface area contributed by atoms with E-state index in [2.05, 4.69) is 24.8 Å². The monoisotopic (exact) mass is 214 g/mol. The van der Waals surface area contributed by atoms with Gasteiger partial charge in [-0.3, -0.25) is 4.79 Å². The van der Waals surface area contributed by atoms with Crippen molar-refractivity contribution in [3.63, 3.8) is 0 Å². The van der Waals surface area contributed by atoms with Crippen LogP contribution in [0.2, 0.25) is 0 Å². The van der Waals surface area contributed by atoms with Gasteiger partial charge in [0.2, 0.25) is 0 Å². The summed E-state index contributed by atoms with van der Waals surface area (Å²) in [5.74, 6) is -0.867. The molecular weight excluding hydrogens is 210 g/mol. The van der Waals surface area contributed by atoms with Crippen molar-refractivity contribution in [3.8, 4) is 0 Å². The molecule has 0 fully saturated rings. The molecule has 0 bridgehead atoms. The number of thiol groups is 1. The number of carboxylic acid groups (broad SMARTS) is 1. The van der Waals surface area contributed by atoms with Gasteiger partial charge in [-0.25, -0.2) is 0 Å². The molecule has 0 aliphatic carbocycles. The summed E-state index contributed by atoms with van der Waals surface area (Å²) in [6.07, 6.45) is 0. The minimum atomic E-state index is -0.869. The summed E-state index contributed by atoms with van der Waals surface area (Å²) in [5.41, 5.74) is 0. The molecule has 7 heteroatoms. The Hall–Kier alpha value is 2.26.